The highest BCUT2D eigenvalue weighted by Gasteiger charge is 2.35. The number of nitro benzene ring substituents is 1. The minimum absolute atomic E-state index is 0.000452. The number of anilines is 1. The molecule has 0 bridgehead atoms. The average molecular weight is 302 g/mol. The predicted octanol–water partition coefficient (Wildman–Crippen LogP) is 2.33. The standard InChI is InChI=1S/C15H18N4O3/c1-10(11-6-7-11)18(9-3-8-16)15(20)12-4-2-5-13(14(12)17)19(21)22/h2,4-5,10-11H,3,6-7,9,17H2,1H3/t10-/m0/s1. The van der Waals surface area contributed by atoms with Gasteiger partial charge in [-0.15, -0.1) is 0 Å². The fourth-order valence-electron chi connectivity index (χ4n) is 2.55. The van der Waals surface area contributed by atoms with Crippen LogP contribution in [0.15, 0.2) is 18.2 Å². The number of benzene rings is 1. The van der Waals surface area contributed by atoms with Gasteiger partial charge in [-0.25, -0.2) is 0 Å². The first-order valence-corrected chi connectivity index (χ1v) is 7.18. The van der Waals surface area contributed by atoms with Crippen molar-refractivity contribution in [2.75, 3.05) is 12.3 Å². The van der Waals surface area contributed by atoms with Crippen molar-refractivity contribution in [3.8, 4) is 6.07 Å². The van der Waals surface area contributed by atoms with Crippen LogP contribution in [0.1, 0.15) is 36.5 Å². The van der Waals surface area contributed by atoms with E-state index in [4.69, 9.17) is 11.0 Å². The summed E-state index contributed by atoms with van der Waals surface area (Å²) in [4.78, 5) is 24.7. The summed E-state index contributed by atoms with van der Waals surface area (Å²) in [5.74, 6) is 0.0819. The SMILES string of the molecule is C[C@@H](C1CC1)N(CCC#N)C(=O)c1cccc([N+](=O)[O-])c1N. The van der Waals surface area contributed by atoms with Crippen molar-refractivity contribution in [1.29, 1.82) is 5.26 Å². The minimum atomic E-state index is -0.601. The van der Waals surface area contributed by atoms with Crippen LogP contribution in [0.5, 0.6) is 0 Å². The monoisotopic (exact) mass is 302 g/mol. The van der Waals surface area contributed by atoms with Gasteiger partial charge in [0.1, 0.15) is 5.69 Å². The number of carbonyl (C=O) groups excluding carboxylic acids is 1. The van der Waals surface area contributed by atoms with Crippen LogP contribution in [-0.4, -0.2) is 28.3 Å². The van der Waals surface area contributed by atoms with Crippen molar-refractivity contribution < 1.29 is 9.72 Å². The summed E-state index contributed by atoms with van der Waals surface area (Å²) >= 11 is 0. The Bertz CT molecular complexity index is 634. The molecule has 116 valence electrons. The molecule has 2 rings (SSSR count). The van der Waals surface area contributed by atoms with Gasteiger partial charge in [-0.3, -0.25) is 14.9 Å². The van der Waals surface area contributed by atoms with E-state index in [0.29, 0.717) is 12.5 Å². The lowest BCUT2D eigenvalue weighted by molar-refractivity contribution is -0.383. The number of nitrogen functional groups attached to an aromatic ring is 1. The number of amides is 1. The van der Waals surface area contributed by atoms with Gasteiger partial charge in [0.05, 0.1) is 23.0 Å². The first-order valence-electron chi connectivity index (χ1n) is 7.18. The van der Waals surface area contributed by atoms with Crippen LogP contribution in [0.25, 0.3) is 0 Å². The van der Waals surface area contributed by atoms with Crippen LogP contribution < -0.4 is 5.73 Å². The van der Waals surface area contributed by atoms with E-state index in [9.17, 15) is 14.9 Å². The molecule has 1 fully saturated rings. The lowest BCUT2D eigenvalue weighted by Gasteiger charge is -2.29. The minimum Gasteiger partial charge on any atom is -0.393 e. The number of hydrogen-bond acceptors (Lipinski definition) is 5. The van der Waals surface area contributed by atoms with Crippen molar-refractivity contribution in [3.63, 3.8) is 0 Å². The summed E-state index contributed by atoms with van der Waals surface area (Å²) in [6, 6.07) is 6.24. The molecule has 1 atom stereocenters. The molecule has 1 saturated carbocycles. The molecule has 0 radical (unpaired) electrons. The Balaban J connectivity index is 2.32. The van der Waals surface area contributed by atoms with Gasteiger partial charge < -0.3 is 10.6 Å². The van der Waals surface area contributed by atoms with E-state index in [1.54, 1.807) is 4.90 Å². The predicted molar refractivity (Wildman–Crippen MR) is 81.0 cm³/mol. The lowest BCUT2D eigenvalue weighted by Crippen LogP contribution is -2.40. The third-order valence-corrected chi connectivity index (χ3v) is 4.03. The Morgan fingerprint density at radius 1 is 1.59 bits per heavy atom. The topological polar surface area (TPSA) is 113 Å². The number of nitrogens with zero attached hydrogens (tertiary/aromatic N) is 3. The van der Waals surface area contributed by atoms with Crippen LogP contribution in [0.2, 0.25) is 0 Å². The summed E-state index contributed by atoms with van der Waals surface area (Å²) in [5.41, 5.74) is 5.52. The maximum Gasteiger partial charge on any atom is 0.292 e. The van der Waals surface area contributed by atoms with E-state index in [2.05, 4.69) is 0 Å². The van der Waals surface area contributed by atoms with Crippen molar-refractivity contribution in [3.05, 3.63) is 33.9 Å². The number of para-hydroxylation sites is 1. The molecule has 1 aromatic carbocycles. The molecule has 2 N–H and O–H groups in total. The lowest BCUT2D eigenvalue weighted by atomic mass is 10.1. The molecule has 0 saturated heterocycles. The number of nitrogens with two attached hydrogens (primary N) is 1. The summed E-state index contributed by atoms with van der Waals surface area (Å²) in [6.07, 6.45) is 2.33. The summed E-state index contributed by atoms with van der Waals surface area (Å²) in [7, 11) is 0. The van der Waals surface area contributed by atoms with Crippen LogP contribution in [-0.2, 0) is 0 Å². The molecule has 0 aliphatic heterocycles. The zero-order chi connectivity index (χ0) is 16.3. The van der Waals surface area contributed by atoms with E-state index in [1.807, 2.05) is 13.0 Å². The number of nitriles is 1. The Kier molecular flexibility index (Phi) is 4.61. The van der Waals surface area contributed by atoms with E-state index >= 15 is 0 Å². The molecular weight excluding hydrogens is 284 g/mol. The summed E-state index contributed by atoms with van der Waals surface area (Å²) < 4.78 is 0. The third-order valence-electron chi connectivity index (χ3n) is 4.03. The van der Waals surface area contributed by atoms with Gasteiger partial charge in [-0.05, 0) is 31.7 Å². The van der Waals surface area contributed by atoms with Gasteiger partial charge in [0.2, 0.25) is 0 Å². The second-order valence-electron chi connectivity index (χ2n) is 5.48. The molecule has 1 aromatic rings. The van der Waals surface area contributed by atoms with E-state index in [0.717, 1.165) is 12.8 Å². The normalized spacial score (nSPS) is 14.9. The fraction of sp³-hybridized carbons (Fsp3) is 0.467. The van der Waals surface area contributed by atoms with Gasteiger partial charge in [-0.1, -0.05) is 6.07 Å². The first kappa shape index (κ1) is 15.8. The second-order valence-corrected chi connectivity index (χ2v) is 5.48. The van der Waals surface area contributed by atoms with Gasteiger partial charge in [0, 0.05) is 18.7 Å². The molecule has 7 nitrogen and oxygen atoms in total. The maximum atomic E-state index is 12.7. The van der Waals surface area contributed by atoms with Crippen molar-refractivity contribution >= 4 is 17.3 Å². The van der Waals surface area contributed by atoms with Crippen molar-refractivity contribution in [2.45, 2.75) is 32.2 Å². The van der Waals surface area contributed by atoms with E-state index in [1.165, 1.54) is 18.2 Å². The zero-order valence-corrected chi connectivity index (χ0v) is 12.4. The molecule has 0 spiro atoms. The Morgan fingerprint density at radius 3 is 2.82 bits per heavy atom. The van der Waals surface area contributed by atoms with Crippen LogP contribution in [0.3, 0.4) is 0 Å². The third kappa shape index (κ3) is 3.17. The maximum absolute atomic E-state index is 12.7. The molecule has 0 aromatic heterocycles. The quantitative estimate of drug-likeness (QED) is 0.492. The van der Waals surface area contributed by atoms with Crippen LogP contribution in [0, 0.1) is 27.4 Å². The van der Waals surface area contributed by atoms with E-state index in [-0.39, 0.29) is 35.3 Å². The highest BCUT2D eigenvalue weighted by Crippen LogP contribution is 2.36. The molecule has 1 aliphatic rings. The Labute approximate surface area is 128 Å². The van der Waals surface area contributed by atoms with E-state index < -0.39 is 4.92 Å². The molecule has 22 heavy (non-hydrogen) atoms. The van der Waals surface area contributed by atoms with Crippen LogP contribution >= 0.6 is 0 Å². The molecule has 0 unspecified atom stereocenters. The Morgan fingerprint density at radius 2 is 2.27 bits per heavy atom. The van der Waals surface area contributed by atoms with Gasteiger partial charge in [0.25, 0.3) is 11.6 Å². The van der Waals surface area contributed by atoms with Crippen molar-refractivity contribution in [1.82, 2.24) is 4.90 Å². The van der Waals surface area contributed by atoms with Crippen LogP contribution in [0.4, 0.5) is 11.4 Å². The summed E-state index contributed by atoms with van der Waals surface area (Å²) in [6.45, 7) is 2.25. The average Bonchev–Trinajstić information content (AvgIpc) is 3.31. The van der Waals surface area contributed by atoms with Gasteiger partial charge in [-0.2, -0.15) is 5.26 Å². The molecule has 0 heterocycles. The zero-order valence-electron chi connectivity index (χ0n) is 12.4. The smallest absolute Gasteiger partial charge is 0.292 e. The van der Waals surface area contributed by atoms with Gasteiger partial charge in [0.15, 0.2) is 0 Å². The number of hydrogen-bond donors (Lipinski definition) is 1. The highest BCUT2D eigenvalue weighted by molar-refractivity contribution is 6.01. The number of rotatable bonds is 6. The van der Waals surface area contributed by atoms with Gasteiger partial charge >= 0.3 is 0 Å². The fourth-order valence-corrected chi connectivity index (χ4v) is 2.55. The molecule has 1 amide bonds. The number of carbonyl (C=O) groups is 1. The molecule has 7 heteroatoms. The summed E-state index contributed by atoms with van der Waals surface area (Å²) in [5, 5.41) is 19.7. The van der Waals surface area contributed by atoms with Crippen molar-refractivity contribution in [2.24, 2.45) is 5.92 Å². The highest BCUT2D eigenvalue weighted by atomic mass is 16.6. The number of nitro groups is 1. The molecular formula is C15H18N4O3. The molecule has 1 aliphatic carbocycles. The second kappa shape index (κ2) is 6.43. The first-order chi connectivity index (χ1) is 10.5. The Hall–Kier alpha value is -2.62. The largest absolute Gasteiger partial charge is 0.393 e.